The van der Waals surface area contributed by atoms with E-state index in [0.717, 1.165) is 16.8 Å². The van der Waals surface area contributed by atoms with E-state index in [1.165, 1.54) is 5.56 Å². The van der Waals surface area contributed by atoms with Crippen LogP contribution in [0.25, 0.3) is 0 Å². The molecule has 0 atom stereocenters. The van der Waals surface area contributed by atoms with Crippen LogP contribution in [0.4, 0.5) is 11.6 Å². The normalized spacial score (nSPS) is 10.3. The number of carbonyl (C=O) groups excluding carboxylic acids is 1. The first-order valence-electron chi connectivity index (χ1n) is 8.11. The minimum Gasteiger partial charge on any atom is -0.350 e. The molecule has 0 spiro atoms. The summed E-state index contributed by atoms with van der Waals surface area (Å²) < 4.78 is 0. The van der Waals surface area contributed by atoms with Crippen molar-refractivity contribution in [3.63, 3.8) is 0 Å². The third-order valence-electron chi connectivity index (χ3n) is 3.85. The molecule has 5 nitrogen and oxygen atoms in total. The van der Waals surface area contributed by atoms with Crippen LogP contribution in [-0.4, -0.2) is 15.9 Å². The Bertz CT molecular complexity index is 875. The van der Waals surface area contributed by atoms with Gasteiger partial charge in [-0.05, 0) is 37.1 Å². The summed E-state index contributed by atoms with van der Waals surface area (Å²) in [5.74, 6) is 0.174. The van der Waals surface area contributed by atoms with E-state index in [9.17, 15) is 4.79 Å². The quantitative estimate of drug-likeness (QED) is 0.742. The topological polar surface area (TPSA) is 66.9 Å². The number of benzene rings is 2. The van der Waals surface area contributed by atoms with Crippen molar-refractivity contribution in [2.75, 3.05) is 10.6 Å². The summed E-state index contributed by atoms with van der Waals surface area (Å²) in [6, 6.07) is 17.5. The molecule has 0 radical (unpaired) electrons. The van der Waals surface area contributed by atoms with Crippen molar-refractivity contribution in [1.82, 2.24) is 9.97 Å². The fourth-order valence-electron chi connectivity index (χ4n) is 2.36. The van der Waals surface area contributed by atoms with Gasteiger partial charge in [-0.2, -0.15) is 0 Å². The zero-order valence-electron chi connectivity index (χ0n) is 14.3. The van der Waals surface area contributed by atoms with Gasteiger partial charge < -0.3 is 10.6 Å². The maximum atomic E-state index is 12.4. The first-order chi connectivity index (χ1) is 12.1. The number of aryl methyl sites for hydroxylation is 2. The molecule has 1 heterocycles. The number of rotatable bonds is 5. The highest BCUT2D eigenvalue weighted by Crippen LogP contribution is 2.14. The highest BCUT2D eigenvalue weighted by atomic mass is 16.1. The van der Waals surface area contributed by atoms with E-state index in [-0.39, 0.29) is 5.91 Å². The van der Waals surface area contributed by atoms with Crippen LogP contribution in [0.15, 0.2) is 60.8 Å². The van der Waals surface area contributed by atoms with E-state index in [1.54, 1.807) is 12.3 Å². The fraction of sp³-hybridized carbons (Fsp3) is 0.150. The van der Waals surface area contributed by atoms with Gasteiger partial charge in [0.15, 0.2) is 0 Å². The van der Waals surface area contributed by atoms with Crippen molar-refractivity contribution in [2.24, 2.45) is 0 Å². The van der Waals surface area contributed by atoms with Gasteiger partial charge in [0.2, 0.25) is 5.95 Å². The Morgan fingerprint density at radius 2 is 1.76 bits per heavy atom. The molecule has 0 aliphatic rings. The Morgan fingerprint density at radius 1 is 1.00 bits per heavy atom. The Labute approximate surface area is 147 Å². The number of hydrogen-bond donors (Lipinski definition) is 2. The number of nitrogens with zero attached hydrogens (tertiary/aromatic N) is 2. The second-order valence-electron chi connectivity index (χ2n) is 5.87. The van der Waals surface area contributed by atoms with E-state index in [4.69, 9.17) is 0 Å². The largest absolute Gasteiger partial charge is 0.350 e. The molecule has 5 heteroatoms. The Kier molecular flexibility index (Phi) is 5.04. The molecule has 2 aromatic carbocycles. The van der Waals surface area contributed by atoms with Gasteiger partial charge in [-0.3, -0.25) is 4.79 Å². The van der Waals surface area contributed by atoms with Crippen LogP contribution in [0, 0.1) is 13.8 Å². The minimum absolute atomic E-state index is 0.255. The molecular formula is C20H20N4O. The van der Waals surface area contributed by atoms with Gasteiger partial charge in [-0.1, -0.05) is 48.0 Å². The summed E-state index contributed by atoms with van der Waals surface area (Å²) in [7, 11) is 0. The number of carbonyl (C=O) groups is 1. The number of amides is 1. The van der Waals surface area contributed by atoms with E-state index in [0.29, 0.717) is 18.2 Å². The maximum Gasteiger partial charge on any atom is 0.274 e. The lowest BCUT2D eigenvalue weighted by atomic mass is 10.1. The van der Waals surface area contributed by atoms with Gasteiger partial charge in [0.25, 0.3) is 5.91 Å². The van der Waals surface area contributed by atoms with Gasteiger partial charge in [-0.15, -0.1) is 0 Å². The van der Waals surface area contributed by atoms with Crippen LogP contribution in [0.3, 0.4) is 0 Å². The highest BCUT2D eigenvalue weighted by molar-refractivity contribution is 6.03. The zero-order valence-corrected chi connectivity index (χ0v) is 14.3. The predicted octanol–water partition coefficient (Wildman–Crippen LogP) is 3.96. The first-order valence-corrected chi connectivity index (χ1v) is 8.11. The lowest BCUT2D eigenvalue weighted by Crippen LogP contribution is -2.16. The predicted molar refractivity (Wildman–Crippen MR) is 99.7 cm³/mol. The molecule has 126 valence electrons. The van der Waals surface area contributed by atoms with Crippen LogP contribution in [0.2, 0.25) is 0 Å². The average Bonchev–Trinajstić information content (AvgIpc) is 2.63. The summed E-state index contributed by atoms with van der Waals surface area (Å²) in [6.07, 6.45) is 1.58. The number of nitrogens with one attached hydrogen (secondary N) is 2. The molecule has 0 saturated heterocycles. The SMILES string of the molecule is Cc1ccc(CNc2nccc(C(=O)Nc3ccccc3C)n2)cc1. The second kappa shape index (κ2) is 7.57. The number of para-hydroxylation sites is 1. The fourth-order valence-corrected chi connectivity index (χ4v) is 2.36. The summed E-state index contributed by atoms with van der Waals surface area (Å²) in [5, 5.41) is 6.03. The molecule has 0 bridgehead atoms. The summed E-state index contributed by atoms with van der Waals surface area (Å²) in [4.78, 5) is 20.9. The number of hydrogen-bond acceptors (Lipinski definition) is 4. The molecule has 0 unspecified atom stereocenters. The lowest BCUT2D eigenvalue weighted by Gasteiger charge is -2.09. The number of aromatic nitrogens is 2. The van der Waals surface area contributed by atoms with Crippen LogP contribution in [0.5, 0.6) is 0 Å². The van der Waals surface area contributed by atoms with Gasteiger partial charge >= 0.3 is 0 Å². The lowest BCUT2D eigenvalue weighted by molar-refractivity contribution is 0.102. The summed E-state index contributed by atoms with van der Waals surface area (Å²) in [6.45, 7) is 4.60. The summed E-state index contributed by atoms with van der Waals surface area (Å²) >= 11 is 0. The third-order valence-corrected chi connectivity index (χ3v) is 3.85. The van der Waals surface area contributed by atoms with Crippen molar-refractivity contribution < 1.29 is 4.79 Å². The molecule has 1 aromatic heterocycles. The summed E-state index contributed by atoms with van der Waals surface area (Å²) in [5.41, 5.74) is 4.45. The maximum absolute atomic E-state index is 12.4. The van der Waals surface area contributed by atoms with E-state index < -0.39 is 0 Å². The Hall–Kier alpha value is -3.21. The zero-order chi connectivity index (χ0) is 17.6. The van der Waals surface area contributed by atoms with E-state index in [2.05, 4.69) is 51.8 Å². The van der Waals surface area contributed by atoms with E-state index in [1.807, 2.05) is 31.2 Å². The standard InChI is InChI=1S/C20H20N4O/c1-14-7-9-16(10-8-14)13-22-20-21-12-11-18(24-20)19(25)23-17-6-4-3-5-15(17)2/h3-12H,13H2,1-2H3,(H,23,25)(H,21,22,24). The monoisotopic (exact) mass is 332 g/mol. The van der Waals surface area contributed by atoms with Gasteiger partial charge in [-0.25, -0.2) is 9.97 Å². The molecule has 3 rings (SSSR count). The Morgan fingerprint density at radius 3 is 2.52 bits per heavy atom. The van der Waals surface area contributed by atoms with Gasteiger partial charge in [0.1, 0.15) is 5.69 Å². The average molecular weight is 332 g/mol. The third kappa shape index (κ3) is 4.41. The van der Waals surface area contributed by atoms with Gasteiger partial charge in [0, 0.05) is 18.4 Å². The van der Waals surface area contributed by atoms with E-state index >= 15 is 0 Å². The second-order valence-corrected chi connectivity index (χ2v) is 5.87. The molecule has 3 aromatic rings. The van der Waals surface area contributed by atoms with Crippen LogP contribution in [0.1, 0.15) is 27.2 Å². The van der Waals surface area contributed by atoms with Crippen LogP contribution in [-0.2, 0) is 6.54 Å². The van der Waals surface area contributed by atoms with Crippen molar-refractivity contribution in [3.05, 3.63) is 83.2 Å². The first kappa shape index (κ1) is 16.6. The molecule has 2 N–H and O–H groups in total. The van der Waals surface area contributed by atoms with Gasteiger partial charge in [0.05, 0.1) is 0 Å². The molecular weight excluding hydrogens is 312 g/mol. The van der Waals surface area contributed by atoms with Crippen molar-refractivity contribution in [3.8, 4) is 0 Å². The molecule has 0 aliphatic heterocycles. The molecule has 0 aliphatic carbocycles. The molecule has 1 amide bonds. The van der Waals surface area contributed by atoms with Crippen molar-refractivity contribution in [1.29, 1.82) is 0 Å². The molecule has 0 saturated carbocycles. The number of anilines is 2. The molecule has 25 heavy (non-hydrogen) atoms. The Balaban J connectivity index is 1.67. The molecule has 0 fully saturated rings. The van der Waals surface area contributed by atoms with Crippen LogP contribution < -0.4 is 10.6 Å². The smallest absolute Gasteiger partial charge is 0.274 e. The van der Waals surface area contributed by atoms with Crippen LogP contribution >= 0.6 is 0 Å². The minimum atomic E-state index is -0.255. The highest BCUT2D eigenvalue weighted by Gasteiger charge is 2.10. The van der Waals surface area contributed by atoms with Crippen molar-refractivity contribution in [2.45, 2.75) is 20.4 Å². The van der Waals surface area contributed by atoms with Crippen molar-refractivity contribution >= 4 is 17.5 Å².